The number of carbonyl (C=O) groups excluding carboxylic acids is 1. The van der Waals surface area contributed by atoms with E-state index in [9.17, 15) is 9.18 Å². The van der Waals surface area contributed by atoms with Gasteiger partial charge in [0.1, 0.15) is 11.6 Å². The molecule has 0 radical (unpaired) electrons. The van der Waals surface area contributed by atoms with Crippen LogP contribution in [0.3, 0.4) is 0 Å². The van der Waals surface area contributed by atoms with Crippen molar-refractivity contribution in [3.63, 3.8) is 0 Å². The van der Waals surface area contributed by atoms with Gasteiger partial charge in [0.05, 0.1) is 12.7 Å². The highest BCUT2D eigenvalue weighted by atomic mass is 19.1. The summed E-state index contributed by atoms with van der Waals surface area (Å²) in [4.78, 5) is 11.8. The molecule has 1 aromatic rings. The standard InChI is InChI=1S/C13H17FN2O2/c1-18-9-3-4-10(11(14)7-9)12(17)16-8-13(15)5-2-6-13/h3-4,7H,2,5-6,8,15H2,1H3,(H,16,17). The van der Waals surface area contributed by atoms with Gasteiger partial charge in [-0.1, -0.05) is 0 Å². The first kappa shape index (κ1) is 12.8. The summed E-state index contributed by atoms with van der Waals surface area (Å²) in [6.07, 6.45) is 2.89. The summed E-state index contributed by atoms with van der Waals surface area (Å²) in [5.41, 5.74) is 5.69. The zero-order valence-electron chi connectivity index (χ0n) is 10.3. The van der Waals surface area contributed by atoms with Crippen molar-refractivity contribution in [2.75, 3.05) is 13.7 Å². The number of methoxy groups -OCH3 is 1. The van der Waals surface area contributed by atoms with E-state index in [0.717, 1.165) is 19.3 Å². The first-order valence-electron chi connectivity index (χ1n) is 5.95. The topological polar surface area (TPSA) is 64.3 Å². The van der Waals surface area contributed by atoms with Gasteiger partial charge in [-0.2, -0.15) is 0 Å². The molecule has 0 aliphatic heterocycles. The zero-order chi connectivity index (χ0) is 13.2. The van der Waals surface area contributed by atoms with Crippen molar-refractivity contribution in [2.24, 2.45) is 5.73 Å². The van der Waals surface area contributed by atoms with Crippen molar-refractivity contribution in [1.82, 2.24) is 5.32 Å². The predicted octanol–water partition coefficient (Wildman–Crippen LogP) is 1.45. The molecule has 5 heteroatoms. The Bertz CT molecular complexity index is 458. The van der Waals surface area contributed by atoms with Gasteiger partial charge < -0.3 is 15.8 Å². The molecule has 0 bridgehead atoms. The molecular weight excluding hydrogens is 235 g/mol. The number of hydrogen-bond acceptors (Lipinski definition) is 3. The highest BCUT2D eigenvalue weighted by molar-refractivity contribution is 5.94. The van der Waals surface area contributed by atoms with Gasteiger partial charge in [-0.25, -0.2) is 4.39 Å². The van der Waals surface area contributed by atoms with Crippen molar-refractivity contribution in [1.29, 1.82) is 0 Å². The summed E-state index contributed by atoms with van der Waals surface area (Å²) in [5.74, 6) is -0.642. The molecule has 1 aliphatic rings. The molecule has 1 fully saturated rings. The molecule has 1 aliphatic carbocycles. The number of halogens is 1. The molecule has 2 rings (SSSR count). The normalized spacial score (nSPS) is 16.8. The number of nitrogens with two attached hydrogens (primary N) is 1. The van der Waals surface area contributed by atoms with Crippen LogP contribution in [0.5, 0.6) is 5.75 Å². The van der Waals surface area contributed by atoms with E-state index in [4.69, 9.17) is 10.5 Å². The van der Waals surface area contributed by atoms with Gasteiger partial charge >= 0.3 is 0 Å². The van der Waals surface area contributed by atoms with Gasteiger partial charge in [-0.15, -0.1) is 0 Å². The maximum Gasteiger partial charge on any atom is 0.254 e. The SMILES string of the molecule is COc1ccc(C(=O)NCC2(N)CCC2)c(F)c1. The van der Waals surface area contributed by atoms with Crippen LogP contribution in [0, 0.1) is 5.82 Å². The van der Waals surface area contributed by atoms with E-state index in [1.54, 1.807) is 6.07 Å². The summed E-state index contributed by atoms with van der Waals surface area (Å²) in [7, 11) is 1.45. The predicted molar refractivity (Wildman–Crippen MR) is 66.1 cm³/mol. The molecule has 0 aromatic heterocycles. The molecule has 1 aromatic carbocycles. The van der Waals surface area contributed by atoms with Gasteiger partial charge in [0, 0.05) is 18.2 Å². The van der Waals surface area contributed by atoms with E-state index >= 15 is 0 Å². The Morgan fingerprint density at radius 1 is 1.56 bits per heavy atom. The summed E-state index contributed by atoms with van der Waals surface area (Å²) >= 11 is 0. The summed E-state index contributed by atoms with van der Waals surface area (Å²) in [6, 6.07) is 4.16. The number of amides is 1. The molecule has 3 N–H and O–H groups in total. The second-order valence-electron chi connectivity index (χ2n) is 4.74. The minimum absolute atomic E-state index is 0.0127. The lowest BCUT2D eigenvalue weighted by atomic mass is 9.78. The number of rotatable bonds is 4. The maximum atomic E-state index is 13.6. The van der Waals surface area contributed by atoms with Crippen LogP contribution in [0.25, 0.3) is 0 Å². The van der Waals surface area contributed by atoms with Gasteiger partial charge in [-0.05, 0) is 31.4 Å². The fraction of sp³-hybridized carbons (Fsp3) is 0.462. The molecule has 98 valence electrons. The van der Waals surface area contributed by atoms with E-state index in [-0.39, 0.29) is 11.1 Å². The van der Waals surface area contributed by atoms with Gasteiger partial charge in [0.2, 0.25) is 0 Å². The van der Waals surface area contributed by atoms with Gasteiger partial charge in [0.15, 0.2) is 0 Å². The van der Waals surface area contributed by atoms with Crippen LogP contribution >= 0.6 is 0 Å². The fourth-order valence-electron chi connectivity index (χ4n) is 1.97. The second kappa shape index (κ2) is 4.94. The van der Waals surface area contributed by atoms with E-state index < -0.39 is 11.7 Å². The average Bonchev–Trinajstić information content (AvgIpc) is 2.33. The van der Waals surface area contributed by atoms with Crippen LogP contribution in [0.15, 0.2) is 18.2 Å². The third kappa shape index (κ3) is 2.61. The maximum absolute atomic E-state index is 13.6. The Morgan fingerprint density at radius 2 is 2.28 bits per heavy atom. The first-order valence-corrected chi connectivity index (χ1v) is 5.95. The third-order valence-electron chi connectivity index (χ3n) is 3.37. The monoisotopic (exact) mass is 252 g/mol. The summed E-state index contributed by atoms with van der Waals surface area (Å²) in [5, 5.41) is 2.67. The van der Waals surface area contributed by atoms with Crippen molar-refractivity contribution in [3.05, 3.63) is 29.6 Å². The molecule has 0 unspecified atom stereocenters. The van der Waals surface area contributed by atoms with Crippen LogP contribution in [0.4, 0.5) is 4.39 Å². The minimum Gasteiger partial charge on any atom is -0.497 e. The Hall–Kier alpha value is -1.62. The van der Waals surface area contributed by atoms with Crippen molar-refractivity contribution in [2.45, 2.75) is 24.8 Å². The van der Waals surface area contributed by atoms with Crippen LogP contribution in [-0.4, -0.2) is 25.1 Å². The van der Waals surface area contributed by atoms with Crippen molar-refractivity contribution in [3.8, 4) is 5.75 Å². The van der Waals surface area contributed by atoms with Crippen LogP contribution in [0.1, 0.15) is 29.6 Å². The average molecular weight is 252 g/mol. The number of carbonyl (C=O) groups is 1. The smallest absolute Gasteiger partial charge is 0.254 e. The highest BCUT2D eigenvalue weighted by Crippen LogP contribution is 2.28. The van der Waals surface area contributed by atoms with Crippen molar-refractivity contribution >= 4 is 5.91 Å². The lowest BCUT2D eigenvalue weighted by molar-refractivity contribution is 0.0925. The first-order chi connectivity index (χ1) is 8.54. The number of benzene rings is 1. The molecular formula is C13H17FN2O2. The van der Waals surface area contributed by atoms with Crippen molar-refractivity contribution < 1.29 is 13.9 Å². The third-order valence-corrected chi connectivity index (χ3v) is 3.37. The number of nitrogens with one attached hydrogen (secondary N) is 1. The largest absolute Gasteiger partial charge is 0.497 e. The molecule has 1 amide bonds. The molecule has 0 saturated heterocycles. The molecule has 4 nitrogen and oxygen atoms in total. The molecule has 1 saturated carbocycles. The molecule has 0 heterocycles. The Kier molecular flexibility index (Phi) is 3.52. The summed E-state index contributed by atoms with van der Waals surface area (Å²) in [6.45, 7) is 0.386. The molecule has 0 spiro atoms. The quantitative estimate of drug-likeness (QED) is 0.852. The zero-order valence-corrected chi connectivity index (χ0v) is 10.3. The Labute approximate surface area is 105 Å². The van der Waals surface area contributed by atoms with Crippen LogP contribution in [-0.2, 0) is 0 Å². The van der Waals surface area contributed by atoms with E-state index in [2.05, 4.69) is 5.32 Å². The van der Waals surface area contributed by atoms with Crippen LogP contribution in [0.2, 0.25) is 0 Å². The number of ether oxygens (including phenoxy) is 1. The van der Waals surface area contributed by atoms with Gasteiger partial charge in [-0.3, -0.25) is 4.79 Å². The summed E-state index contributed by atoms with van der Waals surface area (Å²) < 4.78 is 18.5. The van der Waals surface area contributed by atoms with E-state index in [1.165, 1.54) is 19.2 Å². The lowest BCUT2D eigenvalue weighted by Gasteiger charge is -2.38. The molecule has 18 heavy (non-hydrogen) atoms. The number of hydrogen-bond donors (Lipinski definition) is 2. The fourth-order valence-corrected chi connectivity index (χ4v) is 1.97. The Morgan fingerprint density at radius 3 is 2.78 bits per heavy atom. The Balaban J connectivity index is 2.00. The second-order valence-corrected chi connectivity index (χ2v) is 4.74. The van der Waals surface area contributed by atoms with E-state index in [1.807, 2.05) is 0 Å². The molecule has 0 atom stereocenters. The highest BCUT2D eigenvalue weighted by Gasteiger charge is 2.32. The minimum atomic E-state index is -0.591. The van der Waals surface area contributed by atoms with Crippen LogP contribution < -0.4 is 15.8 Å². The van der Waals surface area contributed by atoms with Gasteiger partial charge in [0.25, 0.3) is 5.91 Å². The lowest BCUT2D eigenvalue weighted by Crippen LogP contribution is -2.55. The van der Waals surface area contributed by atoms with E-state index in [0.29, 0.717) is 12.3 Å².